The summed E-state index contributed by atoms with van der Waals surface area (Å²) in [6, 6.07) is 0. The van der Waals surface area contributed by atoms with Gasteiger partial charge in [-0.1, -0.05) is 6.42 Å². The fourth-order valence-corrected chi connectivity index (χ4v) is 1.27. The number of hydrogen-bond acceptors (Lipinski definition) is 1. The van der Waals surface area contributed by atoms with Crippen LogP contribution in [0.15, 0.2) is 12.2 Å². The molecule has 0 saturated heterocycles. The zero-order valence-electron chi connectivity index (χ0n) is 6.78. The third kappa shape index (κ3) is 9.95. The molecule has 0 unspecified atom stereocenters. The Labute approximate surface area is 71.1 Å². The van der Waals surface area contributed by atoms with E-state index in [2.05, 4.69) is 6.26 Å². The zero-order chi connectivity index (χ0) is 8.53. The van der Waals surface area contributed by atoms with Gasteiger partial charge in [0.05, 0.1) is 0 Å². The maximum Gasteiger partial charge on any atom is 0.266 e. The van der Waals surface area contributed by atoms with Crippen LogP contribution in [0.4, 0.5) is 8.78 Å². The molecule has 0 heterocycles. The quantitative estimate of drug-likeness (QED) is 0.562. The molecular weight excluding hydrogens is 166 g/mol. The average molecular weight is 180 g/mol. The molecule has 11 heavy (non-hydrogen) atoms. The first-order chi connectivity index (χ1) is 5.27. The SMILES string of the molecule is CSCCCCCC=C(F)F. The van der Waals surface area contributed by atoms with E-state index in [1.54, 1.807) is 11.8 Å². The highest BCUT2D eigenvalue weighted by Crippen LogP contribution is 2.07. The van der Waals surface area contributed by atoms with Crippen LogP contribution in [0.2, 0.25) is 0 Å². The molecule has 0 radical (unpaired) electrons. The standard InChI is InChI=1S/C8H14F2S/c1-11-7-5-3-2-4-6-8(9)10/h6H,2-5,7H2,1H3. The summed E-state index contributed by atoms with van der Waals surface area (Å²) < 4.78 is 22.9. The van der Waals surface area contributed by atoms with Gasteiger partial charge in [-0.2, -0.15) is 20.5 Å². The summed E-state index contributed by atoms with van der Waals surface area (Å²) in [6.07, 6.45) is 5.12. The van der Waals surface area contributed by atoms with Crippen molar-refractivity contribution in [3.63, 3.8) is 0 Å². The molecule has 0 aliphatic heterocycles. The molecule has 0 spiro atoms. The van der Waals surface area contributed by atoms with E-state index in [-0.39, 0.29) is 0 Å². The topological polar surface area (TPSA) is 0 Å². The Kier molecular flexibility index (Phi) is 8.01. The van der Waals surface area contributed by atoms with E-state index in [1.807, 2.05) is 0 Å². The van der Waals surface area contributed by atoms with Gasteiger partial charge in [0.15, 0.2) is 0 Å². The third-order valence-electron chi connectivity index (χ3n) is 1.35. The van der Waals surface area contributed by atoms with Crippen molar-refractivity contribution in [3.8, 4) is 0 Å². The first-order valence-electron chi connectivity index (χ1n) is 3.77. The van der Waals surface area contributed by atoms with Crippen LogP contribution >= 0.6 is 11.8 Å². The van der Waals surface area contributed by atoms with Crippen LogP contribution in [0.1, 0.15) is 25.7 Å². The summed E-state index contributed by atoms with van der Waals surface area (Å²) in [6.45, 7) is 0. The van der Waals surface area contributed by atoms with Crippen molar-refractivity contribution in [2.45, 2.75) is 25.7 Å². The Morgan fingerprint density at radius 1 is 1.27 bits per heavy atom. The van der Waals surface area contributed by atoms with E-state index in [0.29, 0.717) is 6.42 Å². The predicted octanol–water partition coefficient (Wildman–Crippen LogP) is 3.69. The first kappa shape index (κ1) is 11.0. The van der Waals surface area contributed by atoms with E-state index < -0.39 is 6.08 Å². The van der Waals surface area contributed by atoms with Crippen LogP contribution in [-0.4, -0.2) is 12.0 Å². The monoisotopic (exact) mass is 180 g/mol. The van der Waals surface area contributed by atoms with Gasteiger partial charge in [-0.15, -0.1) is 0 Å². The summed E-state index contributed by atoms with van der Waals surface area (Å²) in [4.78, 5) is 0. The lowest BCUT2D eigenvalue weighted by molar-refractivity contribution is 0.416. The largest absolute Gasteiger partial charge is 0.266 e. The molecule has 0 aliphatic rings. The number of hydrogen-bond donors (Lipinski definition) is 0. The summed E-state index contributed by atoms with van der Waals surface area (Å²) in [5.41, 5.74) is 0. The van der Waals surface area contributed by atoms with Gasteiger partial charge in [0, 0.05) is 0 Å². The van der Waals surface area contributed by atoms with Crippen molar-refractivity contribution in [2.24, 2.45) is 0 Å². The average Bonchev–Trinajstić information content (AvgIpc) is 1.96. The first-order valence-corrected chi connectivity index (χ1v) is 5.17. The summed E-state index contributed by atoms with van der Waals surface area (Å²) in [5.74, 6) is 1.14. The zero-order valence-corrected chi connectivity index (χ0v) is 7.59. The number of thioether (sulfide) groups is 1. The summed E-state index contributed by atoms with van der Waals surface area (Å²) in [7, 11) is 0. The van der Waals surface area contributed by atoms with Crippen LogP contribution in [-0.2, 0) is 0 Å². The van der Waals surface area contributed by atoms with Gasteiger partial charge in [-0.05, 0) is 37.3 Å². The second kappa shape index (κ2) is 8.05. The van der Waals surface area contributed by atoms with Crippen molar-refractivity contribution in [3.05, 3.63) is 12.2 Å². The molecule has 0 bridgehead atoms. The molecule has 0 saturated carbocycles. The molecule has 0 aromatic rings. The smallest absolute Gasteiger partial charge is 0.174 e. The lowest BCUT2D eigenvalue weighted by atomic mass is 10.2. The molecule has 0 rings (SSSR count). The van der Waals surface area contributed by atoms with Gasteiger partial charge in [-0.25, -0.2) is 0 Å². The Bertz CT molecular complexity index is 109. The number of rotatable bonds is 6. The van der Waals surface area contributed by atoms with Gasteiger partial charge in [0.1, 0.15) is 0 Å². The number of allylic oxidation sites excluding steroid dienone is 1. The molecule has 0 aromatic heterocycles. The van der Waals surface area contributed by atoms with Crippen molar-refractivity contribution < 1.29 is 8.78 Å². The Hall–Kier alpha value is -0.0500. The summed E-state index contributed by atoms with van der Waals surface area (Å²) >= 11 is 1.80. The fraction of sp³-hybridized carbons (Fsp3) is 0.750. The maximum atomic E-state index is 11.5. The Balaban J connectivity index is 2.97. The second-order valence-corrected chi connectivity index (χ2v) is 3.32. The molecule has 3 heteroatoms. The molecule has 0 aromatic carbocycles. The molecular formula is C8H14F2S. The van der Waals surface area contributed by atoms with Crippen LogP contribution < -0.4 is 0 Å². The maximum absolute atomic E-state index is 11.5. The minimum absolute atomic E-state index is 0.525. The van der Waals surface area contributed by atoms with Gasteiger partial charge in [0.25, 0.3) is 6.08 Å². The molecule has 0 amide bonds. The highest BCUT2D eigenvalue weighted by molar-refractivity contribution is 7.98. The van der Waals surface area contributed by atoms with Gasteiger partial charge in [0.2, 0.25) is 0 Å². The van der Waals surface area contributed by atoms with Crippen LogP contribution in [0.25, 0.3) is 0 Å². The van der Waals surface area contributed by atoms with Crippen LogP contribution in [0.5, 0.6) is 0 Å². The van der Waals surface area contributed by atoms with E-state index >= 15 is 0 Å². The fourth-order valence-electron chi connectivity index (χ4n) is 0.779. The summed E-state index contributed by atoms with van der Waals surface area (Å²) in [5, 5.41) is 0. The molecule has 66 valence electrons. The normalized spacial score (nSPS) is 9.73. The molecule has 0 atom stereocenters. The van der Waals surface area contributed by atoms with Gasteiger partial charge >= 0.3 is 0 Å². The third-order valence-corrected chi connectivity index (χ3v) is 2.05. The predicted molar refractivity (Wildman–Crippen MR) is 47.1 cm³/mol. The molecule has 0 fully saturated rings. The molecule has 0 aliphatic carbocycles. The van der Waals surface area contributed by atoms with Gasteiger partial charge in [-0.3, -0.25) is 0 Å². The van der Waals surface area contributed by atoms with E-state index in [0.717, 1.165) is 31.1 Å². The van der Waals surface area contributed by atoms with Crippen molar-refractivity contribution in [2.75, 3.05) is 12.0 Å². The van der Waals surface area contributed by atoms with Crippen molar-refractivity contribution >= 4 is 11.8 Å². The Morgan fingerprint density at radius 3 is 2.55 bits per heavy atom. The minimum atomic E-state index is -1.55. The van der Waals surface area contributed by atoms with Crippen LogP contribution in [0.3, 0.4) is 0 Å². The molecule has 0 N–H and O–H groups in total. The number of unbranched alkanes of at least 4 members (excludes halogenated alkanes) is 3. The van der Waals surface area contributed by atoms with E-state index in [9.17, 15) is 8.78 Å². The Morgan fingerprint density at radius 2 is 2.00 bits per heavy atom. The van der Waals surface area contributed by atoms with Crippen LogP contribution in [0, 0.1) is 0 Å². The van der Waals surface area contributed by atoms with Crippen molar-refractivity contribution in [1.82, 2.24) is 0 Å². The lowest BCUT2D eigenvalue weighted by Gasteiger charge is -1.94. The van der Waals surface area contributed by atoms with Crippen molar-refractivity contribution in [1.29, 1.82) is 0 Å². The van der Waals surface area contributed by atoms with E-state index in [1.165, 1.54) is 0 Å². The second-order valence-electron chi connectivity index (χ2n) is 2.34. The van der Waals surface area contributed by atoms with E-state index in [4.69, 9.17) is 0 Å². The highest BCUT2D eigenvalue weighted by atomic mass is 32.2. The molecule has 0 nitrogen and oxygen atoms in total. The highest BCUT2D eigenvalue weighted by Gasteiger charge is 1.89. The van der Waals surface area contributed by atoms with Gasteiger partial charge < -0.3 is 0 Å². The minimum Gasteiger partial charge on any atom is -0.174 e. The lowest BCUT2D eigenvalue weighted by Crippen LogP contribution is -1.79. The number of halogens is 2.